The summed E-state index contributed by atoms with van der Waals surface area (Å²) in [5.41, 5.74) is 1.65. The molecule has 0 unspecified atom stereocenters. The molecule has 0 saturated heterocycles. The van der Waals surface area contributed by atoms with Gasteiger partial charge in [-0.2, -0.15) is 0 Å². The van der Waals surface area contributed by atoms with Gasteiger partial charge in [-0.1, -0.05) is 90.0 Å². The number of hydrogen-bond donors (Lipinski definition) is 0. The first-order valence-corrected chi connectivity index (χ1v) is 10.7. The number of benzene rings is 3. The predicted molar refractivity (Wildman–Crippen MR) is 138 cm³/mol. The zero-order valence-electron chi connectivity index (χ0n) is 20.0. The van der Waals surface area contributed by atoms with Gasteiger partial charge in [0.05, 0.1) is 16.6 Å². The van der Waals surface area contributed by atoms with E-state index >= 15 is 0 Å². The van der Waals surface area contributed by atoms with Gasteiger partial charge in [0.15, 0.2) is 0 Å². The summed E-state index contributed by atoms with van der Waals surface area (Å²) in [4.78, 5) is 27.9. The van der Waals surface area contributed by atoms with E-state index in [0.29, 0.717) is 16.6 Å². The van der Waals surface area contributed by atoms with Gasteiger partial charge >= 0.3 is 19.5 Å². The van der Waals surface area contributed by atoms with Gasteiger partial charge < -0.3 is 24.9 Å². The fourth-order valence-corrected chi connectivity index (χ4v) is 3.23. The van der Waals surface area contributed by atoms with Crippen molar-refractivity contribution in [1.82, 2.24) is 15.0 Å². The molecule has 0 aliphatic heterocycles. The molecule has 38 heavy (non-hydrogen) atoms. The number of para-hydroxylation sites is 3. The van der Waals surface area contributed by atoms with Crippen LogP contribution in [0.3, 0.4) is 0 Å². The van der Waals surface area contributed by atoms with Gasteiger partial charge in [-0.25, -0.2) is 0 Å². The van der Waals surface area contributed by atoms with Crippen LogP contribution in [0.1, 0.15) is 0 Å². The number of carbonyl (C=O) groups excluding carboxylic acids is 2. The number of aromatic nitrogens is 3. The first kappa shape index (κ1) is 31.3. The topological polar surface area (TPSA) is 142 Å². The van der Waals surface area contributed by atoms with Crippen molar-refractivity contribution in [2.75, 3.05) is 0 Å². The van der Waals surface area contributed by atoms with Crippen LogP contribution in [0.4, 0.5) is 0 Å². The van der Waals surface area contributed by atoms with E-state index in [4.69, 9.17) is 9.59 Å². The molecule has 6 aromatic rings. The Morgan fingerprint density at radius 3 is 0.895 bits per heavy atom. The van der Waals surface area contributed by atoms with Crippen LogP contribution in [0.25, 0.3) is 32.7 Å². The predicted octanol–water partition coefficient (Wildman–Crippen LogP) is 3.55. The van der Waals surface area contributed by atoms with Crippen molar-refractivity contribution >= 4 is 46.3 Å². The van der Waals surface area contributed by atoms with Gasteiger partial charge in [0.25, 0.3) is 0 Å². The first-order valence-electron chi connectivity index (χ1n) is 10.7. The Bertz CT molecular complexity index is 1360. The van der Waals surface area contributed by atoms with E-state index < -0.39 is 0 Å². The number of pyridine rings is 3. The molecule has 0 radical (unpaired) electrons. The molecule has 0 fully saturated rings. The summed E-state index contributed by atoms with van der Waals surface area (Å²) in [6.45, 7) is 4.00. The quantitative estimate of drug-likeness (QED) is 0.243. The molecular weight excluding hydrogens is 573 g/mol. The van der Waals surface area contributed by atoms with E-state index in [1.807, 2.05) is 68.2 Å². The van der Waals surface area contributed by atoms with Crippen molar-refractivity contribution in [3.8, 4) is 17.2 Å². The van der Waals surface area contributed by atoms with Gasteiger partial charge in [0, 0.05) is 18.6 Å². The second kappa shape index (κ2) is 16.8. The van der Waals surface area contributed by atoms with Crippen molar-refractivity contribution < 1.29 is 44.4 Å². The van der Waals surface area contributed by atoms with E-state index in [2.05, 4.69) is 15.0 Å². The monoisotopic (exact) mass is 595 g/mol. The first-order chi connectivity index (χ1) is 18.1. The van der Waals surface area contributed by atoms with E-state index in [1.165, 1.54) is 18.2 Å². The van der Waals surface area contributed by atoms with Gasteiger partial charge in [-0.05, 0) is 34.4 Å². The number of fused-ring (bicyclic) bond motifs is 3. The minimum atomic E-state index is -0.0110. The maximum absolute atomic E-state index is 11.1. The Morgan fingerprint density at radius 1 is 0.421 bits per heavy atom. The minimum absolute atomic E-state index is 0. The van der Waals surface area contributed by atoms with E-state index in [1.54, 1.807) is 36.8 Å². The number of rotatable bonds is 0. The molecule has 0 bridgehead atoms. The smallest absolute Gasteiger partial charge is 0.871 e. The molecule has 0 spiro atoms. The van der Waals surface area contributed by atoms with Crippen LogP contribution < -0.4 is 15.3 Å². The third-order valence-corrected chi connectivity index (χ3v) is 4.79. The van der Waals surface area contributed by atoms with Crippen LogP contribution in [0.15, 0.2) is 110 Å². The summed E-state index contributed by atoms with van der Waals surface area (Å²) < 4.78 is 0. The normalized spacial score (nSPS) is 9.05. The van der Waals surface area contributed by atoms with Gasteiger partial charge in [-0.15, -0.1) is 0 Å². The second-order valence-electron chi connectivity index (χ2n) is 6.99. The Morgan fingerprint density at radius 2 is 0.658 bits per heavy atom. The molecule has 0 atom stereocenters. The van der Waals surface area contributed by atoms with Crippen molar-refractivity contribution in [1.29, 1.82) is 0 Å². The van der Waals surface area contributed by atoms with Crippen molar-refractivity contribution in [3.63, 3.8) is 0 Å². The summed E-state index contributed by atoms with van der Waals surface area (Å²) in [5.74, 6) is -0.0331. The molecule has 0 amide bonds. The third kappa shape index (κ3) is 8.43. The summed E-state index contributed by atoms with van der Waals surface area (Å²) in [6.07, 6.45) is 4.89. The van der Waals surface area contributed by atoms with E-state index in [0.717, 1.165) is 16.2 Å². The molecule has 3 aromatic carbocycles. The molecule has 9 heteroatoms. The molecule has 8 nitrogen and oxygen atoms in total. The van der Waals surface area contributed by atoms with Crippen molar-refractivity contribution in [2.24, 2.45) is 0 Å². The number of carbonyl (C=O) groups is 2. The zero-order valence-corrected chi connectivity index (χ0v) is 21.7. The van der Waals surface area contributed by atoms with Crippen LogP contribution in [-0.4, -0.2) is 28.5 Å². The largest absolute Gasteiger partial charge is 3.00 e. The second-order valence-corrected chi connectivity index (χ2v) is 6.99. The zero-order chi connectivity index (χ0) is 27.0. The van der Waals surface area contributed by atoms with Gasteiger partial charge in [-0.3, -0.25) is 15.0 Å². The fourth-order valence-electron chi connectivity index (χ4n) is 3.23. The Kier molecular flexibility index (Phi) is 13.9. The summed E-state index contributed by atoms with van der Waals surface area (Å²) in [6, 6.07) is 26.5. The average molecular weight is 595 g/mol. The SMILES string of the molecule is C=O.C=O.[O-]c1cccc2cccnc12.[O-]c1cccc2cccnc12.[O-]c1cccc2cccnc12.[Rh+3]. The standard InChI is InChI=1S/3C9H7NO.2CH2O.Rh/c3*11-8-5-1-3-7-4-2-6-10-9(7)8;2*1-2;/h3*1-6,11H;2*1H2;/q;;;;;+3/p-3. The molecule has 0 N–H and O–H groups in total. The molecular formula is C29H22N3O5Rh. The van der Waals surface area contributed by atoms with Crippen molar-refractivity contribution in [3.05, 3.63) is 110 Å². The Labute approximate surface area is 232 Å². The Balaban J connectivity index is 0.000000264. The maximum atomic E-state index is 11.1. The fraction of sp³-hybridized carbons (Fsp3) is 0. The van der Waals surface area contributed by atoms with E-state index in [-0.39, 0.29) is 36.7 Å². The Hall–Kier alpha value is -4.75. The van der Waals surface area contributed by atoms with E-state index in [9.17, 15) is 15.3 Å². The van der Waals surface area contributed by atoms with Crippen LogP contribution in [0.5, 0.6) is 17.2 Å². The summed E-state index contributed by atoms with van der Waals surface area (Å²) in [7, 11) is 0. The van der Waals surface area contributed by atoms with Crippen LogP contribution in [0, 0.1) is 0 Å². The van der Waals surface area contributed by atoms with Crippen LogP contribution in [0.2, 0.25) is 0 Å². The molecule has 0 saturated carbocycles. The molecule has 192 valence electrons. The van der Waals surface area contributed by atoms with Crippen molar-refractivity contribution in [2.45, 2.75) is 0 Å². The molecule has 3 heterocycles. The summed E-state index contributed by atoms with van der Waals surface area (Å²) >= 11 is 0. The molecule has 0 aliphatic rings. The average Bonchev–Trinajstić information content (AvgIpc) is 2.97. The van der Waals surface area contributed by atoms with Crippen LogP contribution in [-0.2, 0) is 29.1 Å². The molecule has 3 aromatic heterocycles. The minimum Gasteiger partial charge on any atom is -0.871 e. The maximum Gasteiger partial charge on any atom is 3.00 e. The van der Waals surface area contributed by atoms with Gasteiger partial charge in [0.2, 0.25) is 0 Å². The molecule has 6 rings (SSSR count). The molecule has 0 aliphatic carbocycles. The number of hydrogen-bond acceptors (Lipinski definition) is 8. The van der Waals surface area contributed by atoms with Gasteiger partial charge in [0.1, 0.15) is 13.6 Å². The third-order valence-electron chi connectivity index (χ3n) is 4.79. The number of nitrogens with zero attached hydrogens (tertiary/aromatic N) is 3. The summed E-state index contributed by atoms with van der Waals surface area (Å²) in [5, 5.41) is 36.1. The van der Waals surface area contributed by atoms with Crippen LogP contribution >= 0.6 is 0 Å².